The van der Waals surface area contributed by atoms with E-state index in [2.05, 4.69) is 4.98 Å². The van der Waals surface area contributed by atoms with E-state index in [4.69, 9.17) is 4.74 Å². The summed E-state index contributed by atoms with van der Waals surface area (Å²) in [4.78, 5) is 27.8. The van der Waals surface area contributed by atoms with E-state index in [-0.39, 0.29) is 37.0 Å². The van der Waals surface area contributed by atoms with E-state index in [9.17, 15) is 14.0 Å². The van der Waals surface area contributed by atoms with Crippen LogP contribution in [0.25, 0.3) is 0 Å². The van der Waals surface area contributed by atoms with Gasteiger partial charge in [-0.25, -0.2) is 9.37 Å². The summed E-state index contributed by atoms with van der Waals surface area (Å²) < 4.78 is 17.9. The molecule has 0 bridgehead atoms. The fraction of sp³-hybridized carbons (Fsp3) is 0.353. The average molecular weight is 335 g/mol. The Morgan fingerprint density at radius 1 is 1.22 bits per heavy atom. The van der Waals surface area contributed by atoms with Crippen molar-refractivity contribution in [2.45, 2.75) is 39.2 Å². The lowest BCUT2D eigenvalue weighted by Crippen LogP contribution is -2.06. The maximum Gasteiger partial charge on any atom is 0.306 e. The van der Waals surface area contributed by atoms with Crippen molar-refractivity contribution >= 4 is 23.1 Å². The van der Waals surface area contributed by atoms with E-state index in [0.717, 1.165) is 17.1 Å². The van der Waals surface area contributed by atoms with Crippen LogP contribution in [0.3, 0.4) is 0 Å². The minimum absolute atomic E-state index is 0.107. The number of aryl methyl sites for hydroxylation is 1. The van der Waals surface area contributed by atoms with Crippen LogP contribution in [0, 0.1) is 5.82 Å². The fourth-order valence-corrected chi connectivity index (χ4v) is 2.71. The standard InChI is InChI=1S/C17H18FNO3S/c1-2-16-19-14(11-23-16)10-22-17(21)5-3-4-15(20)12-6-8-13(18)9-7-12/h6-9,11H,2-5,10H2,1H3. The van der Waals surface area contributed by atoms with Crippen molar-refractivity contribution in [1.29, 1.82) is 0 Å². The van der Waals surface area contributed by atoms with Gasteiger partial charge in [0.15, 0.2) is 5.78 Å². The molecule has 23 heavy (non-hydrogen) atoms. The molecule has 6 heteroatoms. The maximum absolute atomic E-state index is 12.8. The molecule has 0 radical (unpaired) electrons. The second kappa shape index (κ2) is 8.53. The van der Waals surface area contributed by atoms with Gasteiger partial charge in [-0.05, 0) is 37.1 Å². The van der Waals surface area contributed by atoms with Gasteiger partial charge in [-0.2, -0.15) is 0 Å². The molecule has 0 aliphatic carbocycles. The highest BCUT2D eigenvalue weighted by Crippen LogP contribution is 2.12. The van der Waals surface area contributed by atoms with Crippen LogP contribution in [-0.4, -0.2) is 16.7 Å². The Hall–Kier alpha value is -2.08. The maximum atomic E-state index is 12.8. The largest absolute Gasteiger partial charge is 0.459 e. The number of halogens is 1. The lowest BCUT2D eigenvalue weighted by Gasteiger charge is -2.03. The molecule has 0 aliphatic heterocycles. The Labute approximate surface area is 138 Å². The molecule has 0 spiro atoms. The fourth-order valence-electron chi connectivity index (χ4n) is 1.98. The van der Waals surface area contributed by atoms with E-state index in [1.807, 2.05) is 12.3 Å². The second-order valence-electron chi connectivity index (χ2n) is 5.03. The lowest BCUT2D eigenvalue weighted by atomic mass is 10.1. The van der Waals surface area contributed by atoms with Crippen molar-refractivity contribution in [3.05, 3.63) is 51.7 Å². The summed E-state index contributed by atoms with van der Waals surface area (Å²) in [6.07, 6.45) is 1.69. The van der Waals surface area contributed by atoms with Crippen LogP contribution >= 0.6 is 11.3 Å². The van der Waals surface area contributed by atoms with Gasteiger partial charge in [-0.1, -0.05) is 6.92 Å². The van der Waals surface area contributed by atoms with Gasteiger partial charge in [0.05, 0.1) is 10.7 Å². The first kappa shape index (κ1) is 17.3. The molecule has 0 atom stereocenters. The number of hydrogen-bond acceptors (Lipinski definition) is 5. The molecule has 2 aromatic rings. The van der Waals surface area contributed by atoms with Gasteiger partial charge in [-0.15, -0.1) is 11.3 Å². The number of hydrogen-bond donors (Lipinski definition) is 0. The van der Waals surface area contributed by atoms with Crippen LogP contribution in [0.2, 0.25) is 0 Å². The number of carbonyl (C=O) groups excluding carboxylic acids is 2. The van der Waals surface area contributed by atoms with Crippen LogP contribution in [0.4, 0.5) is 4.39 Å². The lowest BCUT2D eigenvalue weighted by molar-refractivity contribution is -0.145. The number of nitrogens with zero attached hydrogens (tertiary/aromatic N) is 1. The van der Waals surface area contributed by atoms with Crippen LogP contribution in [-0.2, 0) is 22.6 Å². The van der Waals surface area contributed by atoms with Crippen LogP contribution in [0.1, 0.15) is 47.2 Å². The molecule has 0 saturated carbocycles. The highest BCUT2D eigenvalue weighted by atomic mass is 32.1. The monoisotopic (exact) mass is 335 g/mol. The molecule has 0 aliphatic rings. The van der Waals surface area contributed by atoms with E-state index in [1.165, 1.54) is 24.3 Å². The van der Waals surface area contributed by atoms with Gasteiger partial charge >= 0.3 is 5.97 Å². The van der Waals surface area contributed by atoms with E-state index in [1.54, 1.807) is 11.3 Å². The first-order chi connectivity index (χ1) is 11.1. The van der Waals surface area contributed by atoms with Crippen LogP contribution in [0.15, 0.2) is 29.6 Å². The Balaban J connectivity index is 1.68. The molecule has 4 nitrogen and oxygen atoms in total. The van der Waals surface area contributed by atoms with Gasteiger partial charge in [0.1, 0.15) is 12.4 Å². The minimum atomic E-state index is -0.376. The van der Waals surface area contributed by atoms with Crippen molar-refractivity contribution < 1.29 is 18.7 Å². The summed E-state index contributed by atoms with van der Waals surface area (Å²) in [5.41, 5.74) is 1.21. The van der Waals surface area contributed by atoms with Gasteiger partial charge in [0.2, 0.25) is 0 Å². The number of aromatic nitrogens is 1. The Morgan fingerprint density at radius 3 is 2.61 bits per heavy atom. The normalized spacial score (nSPS) is 10.5. The third-order valence-corrected chi connectivity index (χ3v) is 4.28. The molecular formula is C17H18FNO3S. The molecular weight excluding hydrogens is 317 g/mol. The van der Waals surface area contributed by atoms with Gasteiger partial charge in [-0.3, -0.25) is 9.59 Å². The van der Waals surface area contributed by atoms with Crippen molar-refractivity contribution in [2.24, 2.45) is 0 Å². The number of carbonyl (C=O) groups is 2. The molecule has 1 aromatic carbocycles. The van der Waals surface area contributed by atoms with Crippen molar-refractivity contribution in [3.63, 3.8) is 0 Å². The molecule has 2 rings (SSSR count). The van der Waals surface area contributed by atoms with Gasteiger partial charge in [0, 0.05) is 23.8 Å². The molecule has 0 saturated heterocycles. The number of thiazole rings is 1. The molecule has 0 unspecified atom stereocenters. The molecule has 1 aromatic heterocycles. The van der Waals surface area contributed by atoms with Crippen molar-refractivity contribution in [2.75, 3.05) is 0 Å². The number of benzene rings is 1. The highest BCUT2D eigenvalue weighted by molar-refractivity contribution is 7.09. The number of Topliss-reactive ketones (excluding diaryl/α,β-unsaturated/α-hetero) is 1. The van der Waals surface area contributed by atoms with Gasteiger partial charge < -0.3 is 4.74 Å². The summed E-state index contributed by atoms with van der Waals surface area (Å²) in [7, 11) is 0. The number of ether oxygens (including phenoxy) is 1. The molecule has 122 valence electrons. The van der Waals surface area contributed by atoms with Crippen molar-refractivity contribution in [1.82, 2.24) is 4.98 Å². The zero-order valence-electron chi connectivity index (χ0n) is 12.9. The smallest absolute Gasteiger partial charge is 0.306 e. The molecule has 0 N–H and O–H groups in total. The predicted molar refractivity (Wildman–Crippen MR) is 85.9 cm³/mol. The van der Waals surface area contributed by atoms with E-state index < -0.39 is 0 Å². The zero-order chi connectivity index (χ0) is 16.7. The highest BCUT2D eigenvalue weighted by Gasteiger charge is 2.09. The molecule has 1 heterocycles. The minimum Gasteiger partial charge on any atom is -0.459 e. The van der Waals surface area contributed by atoms with E-state index in [0.29, 0.717) is 12.0 Å². The third kappa shape index (κ3) is 5.56. The zero-order valence-corrected chi connectivity index (χ0v) is 13.7. The van der Waals surface area contributed by atoms with Gasteiger partial charge in [0.25, 0.3) is 0 Å². The molecule has 0 amide bonds. The second-order valence-corrected chi connectivity index (χ2v) is 5.97. The summed E-state index contributed by atoms with van der Waals surface area (Å²) in [5, 5.41) is 2.89. The third-order valence-electron chi connectivity index (χ3n) is 3.23. The summed E-state index contributed by atoms with van der Waals surface area (Å²) in [6, 6.07) is 5.40. The quantitative estimate of drug-likeness (QED) is 0.541. The topological polar surface area (TPSA) is 56.3 Å². The number of ketones is 1. The van der Waals surface area contributed by atoms with E-state index >= 15 is 0 Å². The summed E-state index contributed by atoms with van der Waals surface area (Å²) >= 11 is 1.55. The Kier molecular flexibility index (Phi) is 6.40. The first-order valence-electron chi connectivity index (χ1n) is 7.46. The first-order valence-corrected chi connectivity index (χ1v) is 8.34. The number of esters is 1. The Morgan fingerprint density at radius 2 is 1.96 bits per heavy atom. The number of rotatable bonds is 8. The summed E-state index contributed by atoms with van der Waals surface area (Å²) in [6.45, 7) is 2.19. The average Bonchev–Trinajstić information content (AvgIpc) is 3.01. The Bertz CT molecular complexity index is 667. The summed E-state index contributed by atoms with van der Waals surface area (Å²) in [5.74, 6) is -0.828. The van der Waals surface area contributed by atoms with Crippen LogP contribution < -0.4 is 0 Å². The van der Waals surface area contributed by atoms with Crippen LogP contribution in [0.5, 0.6) is 0 Å². The molecule has 0 fully saturated rings. The predicted octanol–water partition coefficient (Wildman–Crippen LogP) is 3.94. The SMILES string of the molecule is CCc1nc(COC(=O)CCCC(=O)c2ccc(F)cc2)cs1. The van der Waals surface area contributed by atoms with Crippen molar-refractivity contribution in [3.8, 4) is 0 Å².